The Bertz CT molecular complexity index is 366. The maximum atomic E-state index is 12.5. The maximum absolute atomic E-state index is 12.5. The van der Waals surface area contributed by atoms with E-state index in [0.717, 1.165) is 12.1 Å². The predicted octanol–water partition coefficient (Wildman–Crippen LogP) is 2.74. The molecule has 0 heterocycles. The van der Waals surface area contributed by atoms with Gasteiger partial charge in [0.15, 0.2) is 0 Å². The molecule has 0 aromatic heterocycles. The molecule has 96 valence electrons. The van der Waals surface area contributed by atoms with Gasteiger partial charge < -0.3 is 15.8 Å². The van der Waals surface area contributed by atoms with Gasteiger partial charge in [0, 0.05) is 20.3 Å². The average molecular weight is 248 g/mol. The van der Waals surface area contributed by atoms with E-state index in [9.17, 15) is 13.2 Å². The summed E-state index contributed by atoms with van der Waals surface area (Å²) in [6.07, 6.45) is -3.65. The Labute approximate surface area is 97.8 Å². The van der Waals surface area contributed by atoms with Crippen molar-refractivity contribution in [2.24, 2.45) is 0 Å². The molecule has 0 aliphatic rings. The Morgan fingerprint density at radius 3 is 2.65 bits per heavy atom. The van der Waals surface area contributed by atoms with Crippen LogP contribution in [0.1, 0.15) is 12.0 Å². The molecule has 0 aliphatic carbocycles. The van der Waals surface area contributed by atoms with Gasteiger partial charge in [0.1, 0.15) is 0 Å². The highest BCUT2D eigenvalue weighted by atomic mass is 19.4. The third-order valence-corrected chi connectivity index (χ3v) is 2.22. The normalized spacial score (nSPS) is 11.5. The SMILES string of the molecule is COCCCNc1cc(C(F)(F)F)ccc1N. The minimum Gasteiger partial charge on any atom is -0.397 e. The van der Waals surface area contributed by atoms with E-state index in [1.54, 1.807) is 7.11 Å². The van der Waals surface area contributed by atoms with Gasteiger partial charge in [-0.2, -0.15) is 13.2 Å². The Hall–Kier alpha value is -1.43. The molecular weight excluding hydrogens is 233 g/mol. The molecule has 3 nitrogen and oxygen atoms in total. The molecule has 1 aromatic carbocycles. The molecule has 1 rings (SSSR count). The molecule has 0 aliphatic heterocycles. The second-order valence-electron chi connectivity index (χ2n) is 3.57. The standard InChI is InChI=1S/C11H15F3N2O/c1-17-6-2-5-16-10-7-8(11(12,13)14)3-4-9(10)15/h3-4,7,16H,2,5-6,15H2,1H3. The van der Waals surface area contributed by atoms with Gasteiger partial charge in [0.25, 0.3) is 0 Å². The average Bonchev–Trinajstić information content (AvgIpc) is 2.25. The molecule has 0 bridgehead atoms. The molecule has 0 fully saturated rings. The van der Waals surface area contributed by atoms with Crippen molar-refractivity contribution in [1.82, 2.24) is 0 Å². The van der Waals surface area contributed by atoms with Crippen LogP contribution in [0.5, 0.6) is 0 Å². The first-order valence-corrected chi connectivity index (χ1v) is 5.14. The summed E-state index contributed by atoms with van der Waals surface area (Å²) in [5, 5.41) is 2.86. The molecular formula is C11H15F3N2O. The molecule has 3 N–H and O–H groups in total. The van der Waals surface area contributed by atoms with E-state index >= 15 is 0 Å². The summed E-state index contributed by atoms with van der Waals surface area (Å²) in [7, 11) is 1.57. The number of hydrogen-bond acceptors (Lipinski definition) is 3. The van der Waals surface area contributed by atoms with Crippen molar-refractivity contribution in [1.29, 1.82) is 0 Å². The smallest absolute Gasteiger partial charge is 0.397 e. The van der Waals surface area contributed by atoms with Gasteiger partial charge in [0.05, 0.1) is 16.9 Å². The van der Waals surface area contributed by atoms with Gasteiger partial charge in [-0.05, 0) is 24.6 Å². The third-order valence-electron chi connectivity index (χ3n) is 2.22. The molecule has 0 amide bonds. The Kier molecular flexibility index (Phi) is 4.62. The maximum Gasteiger partial charge on any atom is 0.416 e. The van der Waals surface area contributed by atoms with Crippen LogP contribution in [0.15, 0.2) is 18.2 Å². The summed E-state index contributed by atoms with van der Waals surface area (Å²) >= 11 is 0. The third kappa shape index (κ3) is 4.14. The van der Waals surface area contributed by atoms with Crippen LogP contribution in [0, 0.1) is 0 Å². The van der Waals surface area contributed by atoms with Gasteiger partial charge in [-0.1, -0.05) is 0 Å². The molecule has 0 unspecified atom stereocenters. The molecule has 17 heavy (non-hydrogen) atoms. The second-order valence-corrected chi connectivity index (χ2v) is 3.57. The van der Waals surface area contributed by atoms with Crippen molar-refractivity contribution in [2.75, 3.05) is 31.3 Å². The van der Waals surface area contributed by atoms with Crippen LogP contribution in [0.2, 0.25) is 0 Å². The zero-order valence-electron chi connectivity index (χ0n) is 9.47. The highest BCUT2D eigenvalue weighted by molar-refractivity contribution is 5.67. The predicted molar refractivity (Wildman–Crippen MR) is 60.8 cm³/mol. The Morgan fingerprint density at radius 1 is 1.35 bits per heavy atom. The van der Waals surface area contributed by atoms with Crippen LogP contribution in [0.3, 0.4) is 0 Å². The van der Waals surface area contributed by atoms with E-state index in [1.165, 1.54) is 6.07 Å². The van der Waals surface area contributed by atoms with Gasteiger partial charge in [-0.3, -0.25) is 0 Å². The fraction of sp³-hybridized carbons (Fsp3) is 0.455. The van der Waals surface area contributed by atoms with Crippen LogP contribution >= 0.6 is 0 Å². The van der Waals surface area contributed by atoms with Gasteiger partial charge in [0.2, 0.25) is 0 Å². The van der Waals surface area contributed by atoms with Crippen molar-refractivity contribution < 1.29 is 17.9 Å². The summed E-state index contributed by atoms with van der Waals surface area (Å²) < 4.78 is 42.2. The second kappa shape index (κ2) is 5.77. The topological polar surface area (TPSA) is 47.3 Å². The number of hydrogen-bond donors (Lipinski definition) is 2. The molecule has 0 spiro atoms. The molecule has 1 aromatic rings. The van der Waals surface area contributed by atoms with Crippen LogP contribution < -0.4 is 11.1 Å². The number of anilines is 2. The summed E-state index contributed by atoms with van der Waals surface area (Å²) in [4.78, 5) is 0. The van der Waals surface area contributed by atoms with E-state index in [1.807, 2.05) is 0 Å². The number of ether oxygens (including phenoxy) is 1. The van der Waals surface area contributed by atoms with Crippen molar-refractivity contribution in [2.45, 2.75) is 12.6 Å². The van der Waals surface area contributed by atoms with E-state index in [-0.39, 0.29) is 0 Å². The quantitative estimate of drug-likeness (QED) is 0.622. The summed E-state index contributed by atoms with van der Waals surface area (Å²) in [6, 6.07) is 3.24. The monoisotopic (exact) mass is 248 g/mol. The minimum atomic E-state index is -4.35. The number of nitrogens with two attached hydrogens (primary N) is 1. The first-order chi connectivity index (χ1) is 7.95. The molecule has 0 radical (unpaired) electrons. The summed E-state index contributed by atoms with van der Waals surface area (Å²) in [5.74, 6) is 0. The van der Waals surface area contributed by atoms with Crippen molar-refractivity contribution >= 4 is 11.4 Å². The lowest BCUT2D eigenvalue weighted by Crippen LogP contribution is -2.10. The van der Waals surface area contributed by atoms with Crippen LogP contribution in [-0.4, -0.2) is 20.3 Å². The van der Waals surface area contributed by atoms with E-state index in [4.69, 9.17) is 10.5 Å². The lowest BCUT2D eigenvalue weighted by atomic mass is 10.1. The molecule has 6 heteroatoms. The van der Waals surface area contributed by atoms with Gasteiger partial charge in [-0.15, -0.1) is 0 Å². The van der Waals surface area contributed by atoms with Crippen LogP contribution in [0.25, 0.3) is 0 Å². The minimum absolute atomic E-state index is 0.301. The van der Waals surface area contributed by atoms with E-state index < -0.39 is 11.7 Å². The number of methoxy groups -OCH3 is 1. The first kappa shape index (κ1) is 13.6. The summed E-state index contributed by atoms with van der Waals surface area (Å²) in [6.45, 7) is 1.06. The van der Waals surface area contributed by atoms with Crippen molar-refractivity contribution in [3.8, 4) is 0 Å². The van der Waals surface area contributed by atoms with Gasteiger partial charge >= 0.3 is 6.18 Å². The number of nitrogen functional groups attached to an aromatic ring is 1. The number of benzene rings is 1. The first-order valence-electron chi connectivity index (χ1n) is 5.14. The largest absolute Gasteiger partial charge is 0.416 e. The lowest BCUT2D eigenvalue weighted by Gasteiger charge is -2.12. The van der Waals surface area contributed by atoms with Crippen LogP contribution in [0.4, 0.5) is 24.5 Å². The molecule has 0 atom stereocenters. The van der Waals surface area contributed by atoms with E-state index in [0.29, 0.717) is 30.9 Å². The Morgan fingerprint density at radius 2 is 2.06 bits per heavy atom. The number of nitrogens with one attached hydrogen (secondary N) is 1. The fourth-order valence-electron chi connectivity index (χ4n) is 1.33. The lowest BCUT2D eigenvalue weighted by molar-refractivity contribution is -0.137. The Balaban J connectivity index is 2.70. The number of alkyl halides is 3. The fourth-order valence-corrected chi connectivity index (χ4v) is 1.33. The van der Waals surface area contributed by atoms with Crippen molar-refractivity contribution in [3.05, 3.63) is 23.8 Å². The highest BCUT2D eigenvalue weighted by Gasteiger charge is 2.30. The van der Waals surface area contributed by atoms with E-state index in [2.05, 4.69) is 5.32 Å². The zero-order chi connectivity index (χ0) is 12.9. The molecule has 0 saturated carbocycles. The zero-order valence-corrected chi connectivity index (χ0v) is 9.47. The van der Waals surface area contributed by atoms with Gasteiger partial charge in [-0.25, -0.2) is 0 Å². The molecule has 0 saturated heterocycles. The number of rotatable bonds is 5. The van der Waals surface area contributed by atoms with Crippen molar-refractivity contribution in [3.63, 3.8) is 0 Å². The number of halogens is 3. The van der Waals surface area contributed by atoms with Crippen LogP contribution in [-0.2, 0) is 10.9 Å². The summed E-state index contributed by atoms with van der Waals surface area (Å²) in [5.41, 5.74) is 5.48. The highest BCUT2D eigenvalue weighted by Crippen LogP contribution is 2.32.